The first-order valence-electron chi connectivity index (χ1n) is 6.48. The van der Waals surface area contributed by atoms with Crippen LogP contribution >= 0.6 is 0 Å². The van der Waals surface area contributed by atoms with E-state index < -0.39 is 24.3 Å². The number of rotatable bonds is 5. The minimum absolute atomic E-state index is 0.168. The van der Waals surface area contributed by atoms with E-state index in [9.17, 15) is 15.0 Å². The average molecular weight is 285 g/mol. The van der Waals surface area contributed by atoms with Gasteiger partial charge in [0.05, 0.1) is 43.6 Å². The molecule has 0 saturated carbocycles. The predicted molar refractivity (Wildman–Crippen MR) is 67.8 cm³/mol. The van der Waals surface area contributed by atoms with Gasteiger partial charge in [0.1, 0.15) is 5.69 Å². The number of hydrogen-bond acceptors (Lipinski definition) is 7. The highest BCUT2D eigenvalue weighted by molar-refractivity contribution is 5.92. The van der Waals surface area contributed by atoms with E-state index in [1.165, 1.54) is 10.9 Å². The summed E-state index contributed by atoms with van der Waals surface area (Å²) in [5.74, 6) is -0.302. The van der Waals surface area contributed by atoms with Gasteiger partial charge in [-0.3, -0.25) is 4.79 Å². The molecule has 20 heavy (non-hydrogen) atoms. The fourth-order valence-electron chi connectivity index (χ4n) is 2.28. The van der Waals surface area contributed by atoms with Crippen molar-refractivity contribution < 1.29 is 20.1 Å². The molecule has 2 rings (SSSR count). The quantitative estimate of drug-likeness (QED) is 0.391. The summed E-state index contributed by atoms with van der Waals surface area (Å²) < 4.78 is 1.36. The average Bonchev–Trinajstić information content (AvgIpc) is 2.99. The van der Waals surface area contributed by atoms with Gasteiger partial charge in [-0.2, -0.15) is 0 Å². The minimum Gasteiger partial charge on any atom is -0.395 e. The highest BCUT2D eigenvalue weighted by Crippen LogP contribution is 2.16. The normalized spacial score (nSPS) is 29.6. The second-order valence-electron chi connectivity index (χ2n) is 4.70. The first-order chi connectivity index (χ1) is 9.58. The smallest absolute Gasteiger partial charge is 0.271 e. The monoisotopic (exact) mass is 285 g/mol. The maximum Gasteiger partial charge on any atom is 0.271 e. The Balaban J connectivity index is 2.08. The largest absolute Gasteiger partial charge is 0.395 e. The lowest BCUT2D eigenvalue weighted by atomic mass is 10.1. The third-order valence-corrected chi connectivity index (χ3v) is 3.36. The summed E-state index contributed by atoms with van der Waals surface area (Å²) in [5, 5.41) is 41.7. The van der Waals surface area contributed by atoms with Crippen molar-refractivity contribution in [1.82, 2.24) is 25.6 Å². The second kappa shape index (κ2) is 6.27. The molecule has 1 aliphatic rings. The molecule has 0 aromatic carbocycles. The molecule has 0 aliphatic carbocycles. The highest BCUT2D eigenvalue weighted by atomic mass is 16.3. The van der Waals surface area contributed by atoms with Crippen LogP contribution in [0.25, 0.3) is 0 Å². The van der Waals surface area contributed by atoms with Crippen LogP contribution in [-0.2, 0) is 6.54 Å². The van der Waals surface area contributed by atoms with Gasteiger partial charge in [0.2, 0.25) is 0 Å². The van der Waals surface area contributed by atoms with E-state index in [0.29, 0.717) is 6.54 Å². The van der Waals surface area contributed by atoms with Crippen molar-refractivity contribution >= 4 is 5.91 Å². The third kappa shape index (κ3) is 2.80. The summed E-state index contributed by atoms with van der Waals surface area (Å²) >= 11 is 0. The molecule has 0 bridgehead atoms. The summed E-state index contributed by atoms with van der Waals surface area (Å²) in [6, 6.07) is -1.11. The Kier molecular flexibility index (Phi) is 4.65. The second-order valence-corrected chi connectivity index (χ2v) is 4.70. The topological polar surface area (TPSA) is 133 Å². The van der Waals surface area contributed by atoms with E-state index in [0.717, 1.165) is 0 Å². The zero-order valence-electron chi connectivity index (χ0n) is 11.1. The summed E-state index contributed by atoms with van der Waals surface area (Å²) in [4.78, 5) is 11.8. The van der Waals surface area contributed by atoms with Crippen molar-refractivity contribution in [2.45, 2.75) is 37.8 Å². The van der Waals surface area contributed by atoms with Crippen LogP contribution in [0, 0.1) is 0 Å². The summed E-state index contributed by atoms with van der Waals surface area (Å²) in [7, 11) is 0. The molecule has 0 unspecified atom stereocenters. The zero-order valence-corrected chi connectivity index (χ0v) is 11.1. The molecular weight excluding hydrogens is 266 g/mol. The van der Waals surface area contributed by atoms with Crippen molar-refractivity contribution in [2.75, 3.05) is 13.2 Å². The maximum atomic E-state index is 11.8. The van der Waals surface area contributed by atoms with Crippen molar-refractivity contribution in [3.63, 3.8) is 0 Å². The van der Waals surface area contributed by atoms with Gasteiger partial charge < -0.3 is 26.0 Å². The first kappa shape index (κ1) is 14.9. The predicted octanol–water partition coefficient (Wildman–Crippen LogP) is -2.92. The molecule has 1 aromatic rings. The Labute approximate surface area is 115 Å². The number of carbonyl (C=O) groups excluding carboxylic acids is 1. The Morgan fingerprint density at radius 3 is 2.75 bits per heavy atom. The minimum atomic E-state index is -1.05. The molecule has 4 atom stereocenters. The zero-order chi connectivity index (χ0) is 14.7. The first-order valence-corrected chi connectivity index (χ1v) is 6.48. The Bertz CT molecular complexity index is 465. The van der Waals surface area contributed by atoms with Crippen molar-refractivity contribution in [1.29, 1.82) is 0 Å². The Hall–Kier alpha value is -1.55. The molecule has 2 heterocycles. The molecule has 0 radical (unpaired) electrons. The van der Waals surface area contributed by atoms with Gasteiger partial charge in [0.25, 0.3) is 5.91 Å². The third-order valence-electron chi connectivity index (χ3n) is 3.36. The lowest BCUT2D eigenvalue weighted by Gasteiger charge is -2.16. The van der Waals surface area contributed by atoms with E-state index in [1.807, 2.05) is 0 Å². The lowest BCUT2D eigenvalue weighted by molar-refractivity contribution is 0.0174. The van der Waals surface area contributed by atoms with Gasteiger partial charge >= 0.3 is 0 Å². The van der Waals surface area contributed by atoms with E-state index in [1.54, 1.807) is 6.92 Å². The molecule has 1 fully saturated rings. The van der Waals surface area contributed by atoms with Crippen molar-refractivity contribution in [3.05, 3.63) is 11.9 Å². The van der Waals surface area contributed by atoms with Gasteiger partial charge in [-0.15, -0.1) is 5.10 Å². The van der Waals surface area contributed by atoms with Gasteiger partial charge in [-0.05, 0) is 6.92 Å². The van der Waals surface area contributed by atoms with Crippen molar-refractivity contribution in [3.8, 4) is 0 Å². The number of aliphatic hydroxyl groups excluding tert-OH is 3. The van der Waals surface area contributed by atoms with Crippen LogP contribution in [0.4, 0.5) is 0 Å². The molecule has 1 aromatic heterocycles. The van der Waals surface area contributed by atoms with Gasteiger partial charge in [-0.25, -0.2) is 4.68 Å². The standard InChI is InChI=1S/C11H19N5O4/c1-2-12-11(20)8-3-13-15-16(8)4-6-9(18)10(19)7(5-17)14-6/h3,6-7,9-10,14,17-19H,2,4-5H2,1H3,(H,12,20)/t6-,7-,9-,10-/m1/s1. The number of carbonyl (C=O) groups is 1. The molecule has 5 N–H and O–H groups in total. The van der Waals surface area contributed by atoms with Gasteiger partial charge in [0, 0.05) is 6.54 Å². The van der Waals surface area contributed by atoms with Crippen LogP contribution in [0.1, 0.15) is 17.4 Å². The van der Waals surface area contributed by atoms with Crippen LogP contribution in [0.2, 0.25) is 0 Å². The molecule has 9 nitrogen and oxygen atoms in total. The fraction of sp³-hybridized carbons (Fsp3) is 0.727. The molecule has 0 spiro atoms. The molecule has 1 saturated heterocycles. The molecule has 9 heteroatoms. The van der Waals surface area contributed by atoms with E-state index in [-0.39, 0.29) is 24.8 Å². The van der Waals surface area contributed by atoms with Crippen LogP contribution in [0.15, 0.2) is 6.20 Å². The Morgan fingerprint density at radius 2 is 2.15 bits per heavy atom. The SMILES string of the molecule is CCNC(=O)c1cnnn1C[C@H]1N[C@H](CO)[C@@H](O)[C@@H]1O. The summed E-state index contributed by atoms with van der Waals surface area (Å²) in [6.45, 7) is 2.17. The van der Waals surface area contributed by atoms with E-state index in [4.69, 9.17) is 5.11 Å². The number of nitrogens with one attached hydrogen (secondary N) is 2. The maximum absolute atomic E-state index is 11.8. The molecular formula is C11H19N5O4. The highest BCUT2D eigenvalue weighted by Gasteiger charge is 2.41. The van der Waals surface area contributed by atoms with Crippen molar-refractivity contribution in [2.24, 2.45) is 0 Å². The van der Waals surface area contributed by atoms with Crippen LogP contribution < -0.4 is 10.6 Å². The summed E-state index contributed by atoms with van der Waals surface area (Å²) in [6.07, 6.45) is -0.758. The Morgan fingerprint density at radius 1 is 1.45 bits per heavy atom. The number of nitrogens with zero attached hydrogens (tertiary/aromatic N) is 3. The number of aromatic nitrogens is 3. The van der Waals surface area contributed by atoms with E-state index >= 15 is 0 Å². The number of hydrogen-bond donors (Lipinski definition) is 5. The van der Waals surface area contributed by atoms with Crippen LogP contribution in [0.3, 0.4) is 0 Å². The van der Waals surface area contributed by atoms with Crippen LogP contribution in [-0.4, -0.2) is 73.7 Å². The van der Waals surface area contributed by atoms with E-state index in [2.05, 4.69) is 20.9 Å². The van der Waals surface area contributed by atoms with Gasteiger partial charge in [-0.1, -0.05) is 5.21 Å². The van der Waals surface area contributed by atoms with Crippen LogP contribution in [0.5, 0.6) is 0 Å². The number of amides is 1. The molecule has 1 amide bonds. The molecule has 1 aliphatic heterocycles. The number of aliphatic hydroxyl groups is 3. The fourth-order valence-corrected chi connectivity index (χ4v) is 2.28. The molecule has 112 valence electrons. The lowest BCUT2D eigenvalue weighted by Crippen LogP contribution is -2.39. The van der Waals surface area contributed by atoms with Gasteiger partial charge in [0.15, 0.2) is 0 Å². The summed E-state index contributed by atoms with van der Waals surface area (Å²) in [5.41, 5.74) is 0.280.